The molecule has 0 radical (unpaired) electrons. The molecule has 0 aliphatic carbocycles. The van der Waals surface area contributed by atoms with Crippen molar-refractivity contribution in [2.45, 2.75) is 11.8 Å². The van der Waals surface area contributed by atoms with Crippen LogP contribution in [-0.2, 0) is 9.84 Å². The van der Waals surface area contributed by atoms with Gasteiger partial charge in [0.25, 0.3) is 0 Å². The normalized spacial score (nSPS) is 12.2. The Balaban J connectivity index is 3.17. The molecule has 1 aromatic carbocycles. The fourth-order valence-corrected chi connectivity index (χ4v) is 2.09. The second-order valence-electron chi connectivity index (χ2n) is 2.62. The summed E-state index contributed by atoms with van der Waals surface area (Å²) in [5.41, 5.74) is 2.02. The number of aryl methyl sites for hydroxylation is 1. The third kappa shape index (κ3) is 2.57. The van der Waals surface area contributed by atoms with Gasteiger partial charge in [0.05, 0.1) is 4.90 Å². The first-order valence-corrected chi connectivity index (χ1v) is 5.63. The minimum absolute atomic E-state index is 0.259. The zero-order chi connectivity index (χ0) is 9.90. The van der Waals surface area contributed by atoms with E-state index in [0.717, 1.165) is 16.5 Å². The maximum absolute atomic E-state index is 11.4. The van der Waals surface area contributed by atoms with Gasteiger partial charge >= 0.3 is 0 Å². The molecule has 0 amide bonds. The predicted molar refractivity (Wildman–Crippen MR) is 53.4 cm³/mol. The molecule has 0 aliphatic heterocycles. The lowest BCUT2D eigenvalue weighted by atomic mass is 10.2. The number of hydrogen-bond acceptors (Lipinski definition) is 2. The lowest BCUT2D eigenvalue weighted by Crippen LogP contribution is -1.95. The third-order valence-corrected chi connectivity index (χ3v) is 3.28. The molecule has 4 heteroatoms. The molecule has 0 atom stereocenters. The summed E-state index contributed by atoms with van der Waals surface area (Å²) in [6.07, 6.45) is 0. The summed E-state index contributed by atoms with van der Waals surface area (Å²) >= 11 is 5.21. The van der Waals surface area contributed by atoms with Gasteiger partial charge in [0, 0.05) is 10.9 Å². The maximum Gasteiger partial charge on any atom is 0.200 e. The molecular weight excluding hydrogens is 208 g/mol. The summed E-state index contributed by atoms with van der Waals surface area (Å²) in [7, 11) is -3.34. The van der Waals surface area contributed by atoms with E-state index >= 15 is 0 Å². The average Bonchev–Trinajstić information content (AvgIpc) is 2.05. The smallest absolute Gasteiger partial charge is 0.200 e. The van der Waals surface area contributed by atoms with Crippen LogP contribution in [0.1, 0.15) is 5.56 Å². The molecule has 0 aliphatic rings. The second kappa shape index (κ2) is 3.94. The van der Waals surface area contributed by atoms with Gasteiger partial charge in [-0.25, -0.2) is 8.42 Å². The van der Waals surface area contributed by atoms with E-state index in [1.165, 1.54) is 0 Å². The van der Waals surface area contributed by atoms with E-state index in [0.29, 0.717) is 0 Å². The van der Waals surface area contributed by atoms with Crippen LogP contribution in [0, 0.1) is 6.92 Å². The van der Waals surface area contributed by atoms with E-state index < -0.39 is 9.84 Å². The third-order valence-electron chi connectivity index (χ3n) is 1.58. The molecule has 0 N–H and O–H groups in total. The fourth-order valence-electron chi connectivity index (χ4n) is 0.874. The van der Waals surface area contributed by atoms with Crippen molar-refractivity contribution in [3.8, 4) is 0 Å². The van der Waals surface area contributed by atoms with Crippen LogP contribution in [-0.4, -0.2) is 8.42 Å². The summed E-state index contributed by atoms with van der Waals surface area (Å²) in [4.78, 5) is 0.259. The van der Waals surface area contributed by atoms with E-state index in [1.807, 2.05) is 6.92 Å². The van der Waals surface area contributed by atoms with E-state index in [2.05, 4.69) is 0 Å². The molecule has 13 heavy (non-hydrogen) atoms. The van der Waals surface area contributed by atoms with Gasteiger partial charge in [-0.05, 0) is 19.1 Å². The maximum atomic E-state index is 11.4. The van der Waals surface area contributed by atoms with Crippen molar-refractivity contribution in [1.82, 2.24) is 0 Å². The second-order valence-corrected chi connectivity index (χ2v) is 4.71. The predicted octanol–water partition coefficient (Wildman–Crippen LogP) is 2.48. The van der Waals surface area contributed by atoms with Gasteiger partial charge in [0.1, 0.15) is 0 Å². The van der Waals surface area contributed by atoms with E-state index in [-0.39, 0.29) is 4.90 Å². The average molecular weight is 217 g/mol. The highest BCUT2D eigenvalue weighted by molar-refractivity contribution is 7.94. The van der Waals surface area contributed by atoms with Crippen molar-refractivity contribution in [2.24, 2.45) is 0 Å². The van der Waals surface area contributed by atoms with Crippen molar-refractivity contribution in [3.63, 3.8) is 0 Å². The summed E-state index contributed by atoms with van der Waals surface area (Å²) < 4.78 is 22.7. The van der Waals surface area contributed by atoms with Crippen LogP contribution in [0.3, 0.4) is 0 Å². The molecule has 0 spiro atoms. The summed E-state index contributed by atoms with van der Waals surface area (Å²) in [5.74, 6) is 0. The number of rotatable bonds is 2. The van der Waals surface area contributed by atoms with Crippen LogP contribution < -0.4 is 0 Å². The van der Waals surface area contributed by atoms with Gasteiger partial charge in [0.15, 0.2) is 0 Å². The van der Waals surface area contributed by atoms with Gasteiger partial charge in [0.2, 0.25) is 9.84 Å². The van der Waals surface area contributed by atoms with Gasteiger partial charge < -0.3 is 0 Å². The minimum atomic E-state index is -3.34. The molecule has 0 fully saturated rings. The van der Waals surface area contributed by atoms with Crippen molar-refractivity contribution >= 4 is 21.4 Å². The van der Waals surface area contributed by atoms with Crippen LogP contribution in [0.15, 0.2) is 40.1 Å². The minimum Gasteiger partial charge on any atom is -0.219 e. The molecule has 1 aromatic rings. The Labute approximate surface area is 82.8 Å². The molecule has 0 bridgehead atoms. The zero-order valence-corrected chi connectivity index (χ0v) is 8.64. The molecule has 1 rings (SSSR count). The highest BCUT2D eigenvalue weighted by Gasteiger charge is 2.08. The summed E-state index contributed by atoms with van der Waals surface area (Å²) in [5, 5.41) is 0.971. The van der Waals surface area contributed by atoms with Crippen LogP contribution in [0.5, 0.6) is 0 Å². The van der Waals surface area contributed by atoms with Crippen LogP contribution >= 0.6 is 11.6 Å². The molecule has 70 valence electrons. The van der Waals surface area contributed by atoms with Crippen molar-refractivity contribution in [3.05, 3.63) is 40.8 Å². The number of hydrogen-bond donors (Lipinski definition) is 0. The summed E-state index contributed by atoms with van der Waals surface area (Å²) in [6, 6.07) is 6.60. The van der Waals surface area contributed by atoms with Crippen molar-refractivity contribution in [1.29, 1.82) is 0 Å². The Morgan fingerprint density at radius 3 is 2.23 bits per heavy atom. The summed E-state index contributed by atoms with van der Waals surface area (Å²) in [6.45, 7) is 1.90. The molecule has 0 saturated heterocycles. The highest BCUT2D eigenvalue weighted by Crippen LogP contribution is 2.13. The highest BCUT2D eigenvalue weighted by atomic mass is 35.5. The van der Waals surface area contributed by atoms with Gasteiger partial charge in [-0.3, -0.25) is 0 Å². The fraction of sp³-hybridized carbons (Fsp3) is 0.111. The Bertz CT molecular complexity index is 404. The van der Waals surface area contributed by atoms with E-state index in [9.17, 15) is 8.42 Å². The van der Waals surface area contributed by atoms with Crippen LogP contribution in [0.2, 0.25) is 0 Å². The Morgan fingerprint density at radius 1 is 1.23 bits per heavy atom. The molecular formula is C9H9ClO2S. The molecule has 0 aromatic heterocycles. The number of sulfone groups is 1. The quantitative estimate of drug-likeness (QED) is 0.761. The van der Waals surface area contributed by atoms with Gasteiger partial charge in [-0.15, -0.1) is 0 Å². The topological polar surface area (TPSA) is 34.1 Å². The largest absolute Gasteiger partial charge is 0.219 e. The van der Waals surface area contributed by atoms with Gasteiger partial charge in [-0.2, -0.15) is 0 Å². The molecule has 2 nitrogen and oxygen atoms in total. The van der Waals surface area contributed by atoms with Crippen LogP contribution in [0.25, 0.3) is 0 Å². The standard InChI is InChI=1S/C9H9ClO2S/c1-8-2-4-9(5-3-8)13(11,12)7-6-10/h2-7H,1H3/b7-6+. The van der Waals surface area contributed by atoms with E-state index in [4.69, 9.17) is 11.6 Å². The lowest BCUT2D eigenvalue weighted by molar-refractivity contribution is 0.604. The van der Waals surface area contributed by atoms with Gasteiger partial charge in [-0.1, -0.05) is 29.3 Å². The first-order valence-electron chi connectivity index (χ1n) is 3.65. The molecule has 0 heterocycles. The lowest BCUT2D eigenvalue weighted by Gasteiger charge is -1.98. The zero-order valence-electron chi connectivity index (χ0n) is 7.07. The first-order chi connectivity index (χ1) is 6.06. The number of halogens is 1. The molecule has 0 saturated carbocycles. The Morgan fingerprint density at radius 2 is 1.77 bits per heavy atom. The van der Waals surface area contributed by atoms with Crippen molar-refractivity contribution in [2.75, 3.05) is 0 Å². The van der Waals surface area contributed by atoms with Crippen LogP contribution in [0.4, 0.5) is 0 Å². The Hall–Kier alpha value is -0.800. The van der Waals surface area contributed by atoms with Crippen molar-refractivity contribution < 1.29 is 8.42 Å². The van der Waals surface area contributed by atoms with E-state index in [1.54, 1.807) is 24.3 Å². The Kier molecular flexibility index (Phi) is 3.12. The molecule has 0 unspecified atom stereocenters. The SMILES string of the molecule is Cc1ccc(S(=O)(=O)/C=C/Cl)cc1. The number of benzene rings is 1. The first kappa shape index (κ1) is 10.3. The monoisotopic (exact) mass is 216 g/mol.